The largest absolute Gasteiger partial charge is 0.416 e. The molecule has 0 heterocycles. The summed E-state index contributed by atoms with van der Waals surface area (Å²) < 4.78 is 64.8. The second kappa shape index (κ2) is 8.96. The number of carbonyl (C=O) groups is 1. The summed E-state index contributed by atoms with van der Waals surface area (Å²) in [4.78, 5) is 12.2. The highest BCUT2D eigenvalue weighted by atomic mass is 32.2. The van der Waals surface area contributed by atoms with Crippen molar-refractivity contribution in [3.05, 3.63) is 64.7 Å². The van der Waals surface area contributed by atoms with Crippen LogP contribution in [0.15, 0.2) is 47.4 Å². The van der Waals surface area contributed by atoms with Crippen molar-refractivity contribution >= 4 is 15.9 Å². The molecule has 1 unspecified atom stereocenters. The fraction of sp³-hybridized carbons (Fsp3) is 0.350. The van der Waals surface area contributed by atoms with Gasteiger partial charge < -0.3 is 5.32 Å². The van der Waals surface area contributed by atoms with E-state index in [1.807, 2.05) is 13.8 Å². The van der Waals surface area contributed by atoms with E-state index in [9.17, 15) is 26.4 Å². The summed E-state index contributed by atoms with van der Waals surface area (Å²) in [6, 6.07) is 8.77. The Balaban J connectivity index is 1.88. The Morgan fingerprint density at radius 3 is 2.21 bits per heavy atom. The van der Waals surface area contributed by atoms with E-state index in [1.165, 1.54) is 18.2 Å². The van der Waals surface area contributed by atoms with Gasteiger partial charge in [-0.05, 0) is 61.7 Å². The number of benzene rings is 2. The summed E-state index contributed by atoms with van der Waals surface area (Å²) in [6.45, 7) is 5.23. The number of halogens is 3. The molecule has 2 rings (SSSR count). The lowest BCUT2D eigenvalue weighted by Crippen LogP contribution is -2.32. The van der Waals surface area contributed by atoms with Crippen LogP contribution in [0.1, 0.15) is 41.6 Å². The molecular weight excluding hydrogens is 405 g/mol. The minimum absolute atomic E-state index is 0.0964. The number of hydrogen-bond acceptors (Lipinski definition) is 3. The van der Waals surface area contributed by atoms with Crippen molar-refractivity contribution in [3.8, 4) is 0 Å². The maximum absolute atomic E-state index is 12.6. The number of alkyl halides is 3. The predicted octanol–water partition coefficient (Wildman–Crippen LogP) is 3.87. The average molecular weight is 428 g/mol. The van der Waals surface area contributed by atoms with E-state index in [2.05, 4.69) is 10.0 Å². The lowest BCUT2D eigenvalue weighted by molar-refractivity contribution is -0.137. The highest BCUT2D eigenvalue weighted by Crippen LogP contribution is 2.29. The third-order valence-electron chi connectivity index (χ3n) is 4.55. The molecule has 0 aromatic heterocycles. The fourth-order valence-corrected chi connectivity index (χ4v) is 3.74. The van der Waals surface area contributed by atoms with Crippen molar-refractivity contribution < 1.29 is 26.4 Å². The zero-order valence-corrected chi connectivity index (χ0v) is 17.1. The van der Waals surface area contributed by atoms with Crippen LogP contribution in [0.25, 0.3) is 0 Å². The van der Waals surface area contributed by atoms with E-state index < -0.39 is 33.7 Å². The van der Waals surface area contributed by atoms with Gasteiger partial charge in [0.25, 0.3) is 0 Å². The molecule has 2 aromatic carbocycles. The maximum atomic E-state index is 12.6. The second-order valence-corrected chi connectivity index (χ2v) is 8.57. The summed E-state index contributed by atoms with van der Waals surface area (Å²) >= 11 is 0. The summed E-state index contributed by atoms with van der Waals surface area (Å²) in [7, 11) is -3.73. The molecule has 9 heteroatoms. The minimum Gasteiger partial charge on any atom is -0.350 e. The van der Waals surface area contributed by atoms with Crippen LogP contribution in [-0.4, -0.2) is 20.9 Å². The van der Waals surface area contributed by atoms with Gasteiger partial charge in [0, 0.05) is 13.0 Å². The van der Waals surface area contributed by atoms with Crippen molar-refractivity contribution in [1.29, 1.82) is 0 Å². The molecule has 0 bridgehead atoms. The van der Waals surface area contributed by atoms with Crippen molar-refractivity contribution in [2.75, 3.05) is 6.54 Å². The first kappa shape index (κ1) is 22.9. The van der Waals surface area contributed by atoms with Crippen molar-refractivity contribution in [1.82, 2.24) is 10.0 Å². The van der Waals surface area contributed by atoms with Crippen molar-refractivity contribution in [3.63, 3.8) is 0 Å². The lowest BCUT2D eigenvalue weighted by atomic mass is 10.1. The predicted molar refractivity (Wildman–Crippen MR) is 104 cm³/mol. The van der Waals surface area contributed by atoms with Crippen LogP contribution in [0.4, 0.5) is 13.2 Å². The van der Waals surface area contributed by atoms with Crippen molar-refractivity contribution in [2.24, 2.45) is 0 Å². The van der Waals surface area contributed by atoms with E-state index >= 15 is 0 Å². The average Bonchev–Trinajstić information content (AvgIpc) is 2.63. The Hall–Kier alpha value is -2.39. The zero-order valence-electron chi connectivity index (χ0n) is 16.3. The molecule has 0 aliphatic rings. The summed E-state index contributed by atoms with van der Waals surface area (Å²) in [6.07, 6.45) is -4.52. The third kappa shape index (κ3) is 6.30. The molecule has 0 aliphatic carbocycles. The summed E-state index contributed by atoms with van der Waals surface area (Å²) in [5.41, 5.74) is 1.57. The SMILES string of the molecule is Cc1ccc(S(=O)(=O)NCCC(=O)NC(C)c2ccc(C(F)(F)F)cc2)cc1C. The third-order valence-corrected chi connectivity index (χ3v) is 6.01. The van der Waals surface area contributed by atoms with E-state index in [0.29, 0.717) is 5.56 Å². The normalized spacial score (nSPS) is 13.2. The quantitative estimate of drug-likeness (QED) is 0.703. The van der Waals surface area contributed by atoms with Gasteiger partial charge in [-0.25, -0.2) is 13.1 Å². The van der Waals surface area contributed by atoms with Crippen molar-refractivity contribution in [2.45, 2.75) is 44.3 Å². The highest BCUT2D eigenvalue weighted by Gasteiger charge is 2.30. The highest BCUT2D eigenvalue weighted by molar-refractivity contribution is 7.89. The first-order valence-corrected chi connectivity index (χ1v) is 10.4. The first-order valence-electron chi connectivity index (χ1n) is 8.93. The molecular formula is C20H23F3N2O3S. The number of carbonyl (C=O) groups excluding carboxylic acids is 1. The van der Waals surface area contributed by atoms with Crippen LogP contribution in [-0.2, 0) is 21.0 Å². The number of sulfonamides is 1. The van der Waals surface area contributed by atoms with Crippen LogP contribution >= 0.6 is 0 Å². The summed E-state index contributed by atoms with van der Waals surface area (Å²) in [5, 5.41) is 2.64. The Bertz CT molecular complexity index is 971. The van der Waals surface area contributed by atoms with E-state index in [-0.39, 0.29) is 17.9 Å². The minimum atomic E-state index is -4.42. The van der Waals surface area contributed by atoms with E-state index in [4.69, 9.17) is 0 Å². The Kier molecular flexibility index (Phi) is 7.07. The topological polar surface area (TPSA) is 75.3 Å². The number of aryl methyl sites for hydroxylation is 2. The van der Waals surface area contributed by atoms with Gasteiger partial charge in [-0.1, -0.05) is 18.2 Å². The number of rotatable bonds is 7. The van der Waals surface area contributed by atoms with Gasteiger partial charge >= 0.3 is 6.18 Å². The number of amides is 1. The molecule has 0 aliphatic heterocycles. The Labute approximate surface area is 168 Å². The molecule has 0 fully saturated rings. The Morgan fingerprint density at radius 2 is 1.66 bits per heavy atom. The van der Waals surface area contributed by atoms with Crippen LogP contribution < -0.4 is 10.0 Å². The van der Waals surface area contributed by atoms with Crippen LogP contribution in [0, 0.1) is 13.8 Å². The smallest absolute Gasteiger partial charge is 0.350 e. The van der Waals surface area contributed by atoms with Gasteiger partial charge in [0.1, 0.15) is 0 Å². The van der Waals surface area contributed by atoms with E-state index in [0.717, 1.165) is 23.3 Å². The zero-order chi connectivity index (χ0) is 21.8. The molecule has 2 N–H and O–H groups in total. The molecule has 29 heavy (non-hydrogen) atoms. The molecule has 0 radical (unpaired) electrons. The molecule has 5 nitrogen and oxygen atoms in total. The molecule has 0 saturated carbocycles. The number of nitrogens with one attached hydrogen (secondary N) is 2. The van der Waals surface area contributed by atoms with Crippen LogP contribution in [0.5, 0.6) is 0 Å². The lowest BCUT2D eigenvalue weighted by Gasteiger charge is -2.16. The van der Waals surface area contributed by atoms with E-state index in [1.54, 1.807) is 19.1 Å². The van der Waals surface area contributed by atoms with Gasteiger partial charge in [0.05, 0.1) is 16.5 Å². The van der Waals surface area contributed by atoms with Crippen LogP contribution in [0.3, 0.4) is 0 Å². The molecule has 158 valence electrons. The molecule has 0 saturated heterocycles. The molecule has 1 amide bonds. The fourth-order valence-electron chi connectivity index (χ4n) is 2.62. The first-order chi connectivity index (χ1) is 13.4. The molecule has 0 spiro atoms. The second-order valence-electron chi connectivity index (χ2n) is 6.80. The van der Waals surface area contributed by atoms with Gasteiger partial charge in [-0.15, -0.1) is 0 Å². The Morgan fingerprint density at radius 1 is 1.03 bits per heavy atom. The van der Waals surface area contributed by atoms with Crippen LogP contribution in [0.2, 0.25) is 0 Å². The maximum Gasteiger partial charge on any atom is 0.416 e. The molecule has 2 aromatic rings. The van der Waals surface area contributed by atoms with Gasteiger partial charge in [-0.2, -0.15) is 13.2 Å². The monoisotopic (exact) mass is 428 g/mol. The standard InChI is InChI=1S/C20H23F3N2O3S/c1-13-4-9-18(12-14(13)2)29(27,28)24-11-10-19(26)25-15(3)16-5-7-17(8-6-16)20(21,22)23/h4-9,12,15,24H,10-11H2,1-3H3,(H,25,26). The summed E-state index contributed by atoms with van der Waals surface area (Å²) in [5.74, 6) is -0.416. The number of hydrogen-bond donors (Lipinski definition) is 2. The van der Waals surface area contributed by atoms with Gasteiger partial charge in [0.2, 0.25) is 15.9 Å². The molecule has 1 atom stereocenters. The van der Waals surface area contributed by atoms with Gasteiger partial charge in [0.15, 0.2) is 0 Å². The van der Waals surface area contributed by atoms with Gasteiger partial charge in [-0.3, -0.25) is 4.79 Å².